The summed E-state index contributed by atoms with van der Waals surface area (Å²) in [5, 5.41) is 17.6. The molecule has 0 amide bonds. The predicted octanol–water partition coefficient (Wildman–Crippen LogP) is 0.138. The van der Waals surface area contributed by atoms with E-state index in [1.54, 1.807) is 0 Å². The molecular formula is C10H24N2O2. The first-order valence-corrected chi connectivity index (χ1v) is 5.47. The van der Waals surface area contributed by atoms with Gasteiger partial charge < -0.3 is 20.8 Å². The number of likely N-dealkylation sites (N-methyl/N-ethyl adjacent to an activating group) is 1. The van der Waals surface area contributed by atoms with E-state index < -0.39 is 6.23 Å². The molecule has 0 aromatic heterocycles. The van der Waals surface area contributed by atoms with E-state index in [4.69, 9.17) is 15.9 Å². The number of aliphatic hydroxyl groups is 2. The fourth-order valence-corrected chi connectivity index (χ4v) is 1.44. The van der Waals surface area contributed by atoms with Gasteiger partial charge in [0, 0.05) is 6.54 Å². The molecule has 0 bridgehead atoms. The number of unbranched alkanes of at least 4 members (excludes halogenated alkanes) is 2. The van der Waals surface area contributed by atoms with Gasteiger partial charge in [0.15, 0.2) is 0 Å². The first-order chi connectivity index (χ1) is 6.70. The number of nitrogens with two attached hydrogens (primary N) is 1. The van der Waals surface area contributed by atoms with Crippen molar-refractivity contribution < 1.29 is 10.2 Å². The lowest BCUT2D eigenvalue weighted by atomic mass is 10.2. The molecule has 4 heteroatoms. The summed E-state index contributed by atoms with van der Waals surface area (Å²) >= 11 is 0. The highest BCUT2D eigenvalue weighted by Crippen LogP contribution is 2.02. The van der Waals surface area contributed by atoms with Crippen LogP contribution in [0, 0.1) is 0 Å². The van der Waals surface area contributed by atoms with E-state index in [0.717, 1.165) is 38.9 Å². The zero-order chi connectivity index (χ0) is 10.8. The van der Waals surface area contributed by atoms with E-state index in [9.17, 15) is 0 Å². The maximum atomic E-state index is 8.83. The third-order valence-electron chi connectivity index (χ3n) is 2.34. The van der Waals surface area contributed by atoms with Crippen LogP contribution >= 0.6 is 0 Å². The Morgan fingerprint density at radius 3 is 2.43 bits per heavy atom. The van der Waals surface area contributed by atoms with Crippen molar-refractivity contribution >= 4 is 0 Å². The highest BCUT2D eigenvalue weighted by atomic mass is 16.3. The Kier molecular flexibility index (Phi) is 9.29. The minimum absolute atomic E-state index is 0.232. The minimum atomic E-state index is -0.658. The van der Waals surface area contributed by atoms with E-state index >= 15 is 0 Å². The summed E-state index contributed by atoms with van der Waals surface area (Å²) in [7, 11) is 0. The van der Waals surface area contributed by atoms with E-state index in [-0.39, 0.29) is 6.61 Å². The van der Waals surface area contributed by atoms with Crippen molar-refractivity contribution in [3.8, 4) is 0 Å². The van der Waals surface area contributed by atoms with Gasteiger partial charge in [-0.25, -0.2) is 0 Å². The van der Waals surface area contributed by atoms with Gasteiger partial charge in [-0.05, 0) is 32.4 Å². The summed E-state index contributed by atoms with van der Waals surface area (Å²) in [6.45, 7) is 5.10. The summed E-state index contributed by atoms with van der Waals surface area (Å²) < 4.78 is 0. The van der Waals surface area contributed by atoms with Crippen LogP contribution in [0.2, 0.25) is 0 Å². The molecule has 0 radical (unpaired) electrons. The van der Waals surface area contributed by atoms with Gasteiger partial charge >= 0.3 is 0 Å². The van der Waals surface area contributed by atoms with Gasteiger partial charge in [-0.15, -0.1) is 0 Å². The van der Waals surface area contributed by atoms with E-state index in [1.807, 2.05) is 0 Å². The fourth-order valence-electron chi connectivity index (χ4n) is 1.44. The second-order valence-electron chi connectivity index (χ2n) is 3.57. The Labute approximate surface area is 86.7 Å². The van der Waals surface area contributed by atoms with Crippen LogP contribution in [-0.2, 0) is 0 Å². The van der Waals surface area contributed by atoms with Crippen LogP contribution in [0.4, 0.5) is 0 Å². The average molecular weight is 204 g/mol. The zero-order valence-corrected chi connectivity index (χ0v) is 9.15. The van der Waals surface area contributed by atoms with Gasteiger partial charge in [0.05, 0.1) is 6.61 Å². The molecule has 4 N–H and O–H groups in total. The lowest BCUT2D eigenvalue weighted by molar-refractivity contribution is 0.166. The van der Waals surface area contributed by atoms with Crippen LogP contribution in [-0.4, -0.2) is 47.6 Å². The second kappa shape index (κ2) is 9.40. The Morgan fingerprint density at radius 1 is 1.21 bits per heavy atom. The lowest BCUT2D eigenvalue weighted by Gasteiger charge is -2.18. The highest BCUT2D eigenvalue weighted by molar-refractivity contribution is 4.55. The molecular weight excluding hydrogens is 180 g/mol. The van der Waals surface area contributed by atoms with E-state index in [1.165, 1.54) is 0 Å². The molecule has 0 aliphatic heterocycles. The molecule has 0 aromatic carbocycles. The summed E-state index contributed by atoms with van der Waals surface area (Å²) in [4.78, 5) is 2.22. The Balaban J connectivity index is 3.24. The summed E-state index contributed by atoms with van der Waals surface area (Å²) in [5.41, 5.74) is 5.22. The monoisotopic (exact) mass is 204 g/mol. The zero-order valence-electron chi connectivity index (χ0n) is 9.15. The lowest BCUT2D eigenvalue weighted by Crippen LogP contribution is -2.27. The largest absolute Gasteiger partial charge is 0.395 e. The van der Waals surface area contributed by atoms with Crippen molar-refractivity contribution in [1.82, 2.24) is 4.90 Å². The van der Waals surface area contributed by atoms with Crippen molar-refractivity contribution in [3.05, 3.63) is 0 Å². The number of nitrogens with zero attached hydrogens (tertiary/aromatic N) is 1. The van der Waals surface area contributed by atoms with Gasteiger partial charge in [0.25, 0.3) is 0 Å². The molecule has 86 valence electrons. The standard InChI is InChI=1S/C10H24N2O2/c1-2-12(8-9-13)7-5-3-4-6-10(11)14/h10,13-14H,2-9,11H2,1H3. The van der Waals surface area contributed by atoms with Crippen molar-refractivity contribution in [3.63, 3.8) is 0 Å². The van der Waals surface area contributed by atoms with Gasteiger partial charge in [-0.3, -0.25) is 0 Å². The van der Waals surface area contributed by atoms with Gasteiger partial charge in [0.2, 0.25) is 0 Å². The molecule has 1 atom stereocenters. The highest BCUT2D eigenvalue weighted by Gasteiger charge is 2.01. The number of aliphatic hydroxyl groups excluding tert-OH is 2. The topological polar surface area (TPSA) is 69.7 Å². The number of hydrogen-bond donors (Lipinski definition) is 3. The van der Waals surface area contributed by atoms with Crippen molar-refractivity contribution in [1.29, 1.82) is 0 Å². The SMILES string of the molecule is CCN(CCO)CCCCCC(N)O. The van der Waals surface area contributed by atoms with E-state index in [0.29, 0.717) is 6.42 Å². The smallest absolute Gasteiger partial charge is 0.102 e. The van der Waals surface area contributed by atoms with Crippen LogP contribution in [0.15, 0.2) is 0 Å². The maximum absolute atomic E-state index is 8.83. The van der Waals surface area contributed by atoms with Gasteiger partial charge in [-0.1, -0.05) is 13.3 Å². The molecule has 0 rings (SSSR count). The second-order valence-corrected chi connectivity index (χ2v) is 3.57. The number of rotatable bonds is 9. The summed E-state index contributed by atoms with van der Waals surface area (Å²) in [6, 6.07) is 0. The van der Waals surface area contributed by atoms with Crippen LogP contribution < -0.4 is 5.73 Å². The molecule has 4 nitrogen and oxygen atoms in total. The number of hydrogen-bond acceptors (Lipinski definition) is 4. The maximum Gasteiger partial charge on any atom is 0.102 e. The molecule has 14 heavy (non-hydrogen) atoms. The van der Waals surface area contributed by atoms with E-state index in [2.05, 4.69) is 11.8 Å². The van der Waals surface area contributed by atoms with Gasteiger partial charge in [-0.2, -0.15) is 0 Å². The first-order valence-electron chi connectivity index (χ1n) is 5.47. The molecule has 0 saturated heterocycles. The molecule has 0 heterocycles. The molecule has 0 fully saturated rings. The predicted molar refractivity (Wildman–Crippen MR) is 57.9 cm³/mol. The Morgan fingerprint density at radius 2 is 1.93 bits per heavy atom. The normalized spacial score (nSPS) is 13.5. The molecule has 0 spiro atoms. The van der Waals surface area contributed by atoms with Gasteiger partial charge in [0.1, 0.15) is 6.23 Å². The summed E-state index contributed by atoms with van der Waals surface area (Å²) in [5.74, 6) is 0. The molecule has 0 aliphatic carbocycles. The Hall–Kier alpha value is -0.160. The molecule has 0 saturated carbocycles. The molecule has 0 aliphatic rings. The minimum Gasteiger partial charge on any atom is -0.395 e. The average Bonchev–Trinajstić information content (AvgIpc) is 2.15. The molecule has 0 aromatic rings. The van der Waals surface area contributed by atoms with Crippen LogP contribution in [0.3, 0.4) is 0 Å². The third kappa shape index (κ3) is 8.44. The molecule has 1 unspecified atom stereocenters. The van der Waals surface area contributed by atoms with Crippen molar-refractivity contribution in [2.75, 3.05) is 26.2 Å². The summed E-state index contributed by atoms with van der Waals surface area (Å²) in [6.07, 6.45) is 3.21. The van der Waals surface area contributed by atoms with Crippen LogP contribution in [0.25, 0.3) is 0 Å². The van der Waals surface area contributed by atoms with Crippen molar-refractivity contribution in [2.24, 2.45) is 5.73 Å². The van der Waals surface area contributed by atoms with Crippen LogP contribution in [0.1, 0.15) is 32.6 Å². The fraction of sp³-hybridized carbons (Fsp3) is 1.00. The van der Waals surface area contributed by atoms with Crippen LogP contribution in [0.5, 0.6) is 0 Å². The first kappa shape index (κ1) is 13.8. The van der Waals surface area contributed by atoms with Crippen molar-refractivity contribution in [2.45, 2.75) is 38.8 Å². The quantitative estimate of drug-likeness (QED) is 0.369. The third-order valence-corrected chi connectivity index (χ3v) is 2.34. The Bertz CT molecular complexity index is 121.